The Morgan fingerprint density at radius 1 is 1.06 bits per heavy atom. The monoisotopic (exact) mass is 459 g/mol. The quantitative estimate of drug-likeness (QED) is 0.659. The summed E-state index contributed by atoms with van der Waals surface area (Å²) in [7, 11) is 0. The van der Waals surface area contributed by atoms with Crippen LogP contribution >= 0.6 is 0 Å². The van der Waals surface area contributed by atoms with Crippen molar-refractivity contribution in [3.05, 3.63) is 47.5 Å². The zero-order valence-electron chi connectivity index (χ0n) is 15.9. The molecule has 0 unspecified atom stereocenters. The van der Waals surface area contributed by atoms with Crippen LogP contribution in [0.1, 0.15) is 23.5 Å². The second-order valence-electron chi connectivity index (χ2n) is 6.90. The Morgan fingerprint density at radius 3 is 2.50 bits per heavy atom. The van der Waals surface area contributed by atoms with Crippen LogP contribution in [0.4, 0.5) is 26.7 Å². The number of ether oxygens (including phenoxy) is 4. The molecule has 2 amide bonds. The Morgan fingerprint density at radius 2 is 1.84 bits per heavy atom. The normalized spacial score (nSPS) is 20.3. The lowest BCUT2D eigenvalue weighted by atomic mass is 9.88. The third-order valence-corrected chi connectivity index (χ3v) is 4.87. The molecule has 2 atom stereocenters. The first-order valence-corrected chi connectivity index (χ1v) is 9.24. The molecular formula is C20H14F5NO6. The first kappa shape index (κ1) is 21.7. The molecule has 170 valence electrons. The third-order valence-electron chi connectivity index (χ3n) is 4.87. The molecule has 1 fully saturated rings. The number of hydrogen-bond acceptors (Lipinski definition) is 6. The molecule has 2 aromatic carbocycles. The van der Waals surface area contributed by atoms with Crippen molar-refractivity contribution in [1.82, 2.24) is 5.32 Å². The SMILES string of the molecule is O=C1NC(=O)[C@H]([C@@H]2CCOc3cc(Oc4ccc(C(F)(F)F)cc4OC(F)F)ccc32)O1. The molecule has 2 aliphatic rings. The number of nitrogens with one attached hydrogen (secondary N) is 1. The van der Waals surface area contributed by atoms with E-state index in [4.69, 9.17) is 14.2 Å². The molecule has 0 spiro atoms. The van der Waals surface area contributed by atoms with Crippen LogP contribution in [0.3, 0.4) is 0 Å². The second-order valence-corrected chi connectivity index (χ2v) is 6.90. The molecule has 0 aromatic heterocycles. The number of imide groups is 1. The number of alkyl carbamates (subject to hydrolysis) is 1. The summed E-state index contributed by atoms with van der Waals surface area (Å²) in [4.78, 5) is 23.3. The zero-order chi connectivity index (χ0) is 23.0. The minimum absolute atomic E-state index is 0.0659. The van der Waals surface area contributed by atoms with Gasteiger partial charge < -0.3 is 18.9 Å². The van der Waals surface area contributed by atoms with Gasteiger partial charge in [0.2, 0.25) is 0 Å². The number of cyclic esters (lactones) is 1. The molecule has 1 N–H and O–H groups in total. The topological polar surface area (TPSA) is 83.1 Å². The van der Waals surface area contributed by atoms with Crippen molar-refractivity contribution in [1.29, 1.82) is 0 Å². The lowest BCUT2D eigenvalue weighted by Gasteiger charge is -2.28. The summed E-state index contributed by atoms with van der Waals surface area (Å²) < 4.78 is 84.4. The highest BCUT2D eigenvalue weighted by Gasteiger charge is 2.41. The van der Waals surface area contributed by atoms with Gasteiger partial charge in [0.05, 0.1) is 12.2 Å². The van der Waals surface area contributed by atoms with Gasteiger partial charge in [0, 0.05) is 17.5 Å². The van der Waals surface area contributed by atoms with Crippen LogP contribution in [0.15, 0.2) is 36.4 Å². The molecular weight excluding hydrogens is 445 g/mol. The van der Waals surface area contributed by atoms with E-state index in [-0.39, 0.29) is 23.9 Å². The first-order valence-electron chi connectivity index (χ1n) is 9.24. The number of alkyl halides is 5. The van der Waals surface area contributed by atoms with E-state index in [0.29, 0.717) is 24.1 Å². The van der Waals surface area contributed by atoms with E-state index in [2.05, 4.69) is 10.1 Å². The molecule has 0 bridgehead atoms. The van der Waals surface area contributed by atoms with Crippen molar-refractivity contribution in [3.8, 4) is 23.0 Å². The van der Waals surface area contributed by atoms with Gasteiger partial charge >= 0.3 is 18.9 Å². The minimum atomic E-state index is -4.76. The van der Waals surface area contributed by atoms with Crippen LogP contribution in [0, 0.1) is 0 Å². The number of carbonyl (C=O) groups excluding carboxylic acids is 2. The van der Waals surface area contributed by atoms with Crippen LogP contribution in [-0.2, 0) is 15.7 Å². The summed E-state index contributed by atoms with van der Waals surface area (Å²) in [5.41, 5.74) is -0.628. The summed E-state index contributed by atoms with van der Waals surface area (Å²) in [6.45, 7) is -3.17. The van der Waals surface area contributed by atoms with Gasteiger partial charge in [0.1, 0.15) is 11.5 Å². The summed E-state index contributed by atoms with van der Waals surface area (Å²) in [5.74, 6) is -1.86. The van der Waals surface area contributed by atoms with Crippen LogP contribution in [0.25, 0.3) is 0 Å². The van der Waals surface area contributed by atoms with Crippen LogP contribution < -0.4 is 19.5 Å². The molecule has 12 heteroatoms. The fourth-order valence-electron chi connectivity index (χ4n) is 3.49. The molecule has 0 radical (unpaired) electrons. The fourth-order valence-corrected chi connectivity index (χ4v) is 3.49. The molecule has 0 saturated carbocycles. The number of carbonyl (C=O) groups is 2. The number of amides is 2. The van der Waals surface area contributed by atoms with Gasteiger partial charge in [-0.3, -0.25) is 10.1 Å². The van der Waals surface area contributed by atoms with Crippen molar-refractivity contribution >= 4 is 12.0 Å². The van der Waals surface area contributed by atoms with Crippen molar-refractivity contribution in [2.45, 2.75) is 31.2 Å². The smallest absolute Gasteiger partial charge is 0.416 e. The summed E-state index contributed by atoms with van der Waals surface area (Å²) in [6.07, 6.45) is -6.24. The lowest BCUT2D eigenvalue weighted by molar-refractivity contribution is -0.138. The van der Waals surface area contributed by atoms with E-state index in [0.717, 1.165) is 6.07 Å². The van der Waals surface area contributed by atoms with E-state index < -0.39 is 48.1 Å². The van der Waals surface area contributed by atoms with Gasteiger partial charge in [0.25, 0.3) is 5.91 Å². The molecule has 2 aromatic rings. The summed E-state index contributed by atoms with van der Waals surface area (Å²) >= 11 is 0. The van der Waals surface area contributed by atoms with E-state index in [1.165, 1.54) is 18.2 Å². The van der Waals surface area contributed by atoms with Crippen LogP contribution in [0.5, 0.6) is 23.0 Å². The highest BCUT2D eigenvalue weighted by Crippen LogP contribution is 2.43. The average Bonchev–Trinajstić information content (AvgIpc) is 3.05. The Hall–Kier alpha value is -3.57. The molecule has 4 rings (SSSR count). The van der Waals surface area contributed by atoms with Gasteiger partial charge in [-0.1, -0.05) is 6.07 Å². The van der Waals surface area contributed by atoms with E-state index in [1.807, 2.05) is 0 Å². The van der Waals surface area contributed by atoms with E-state index in [1.54, 1.807) is 0 Å². The maximum Gasteiger partial charge on any atom is 0.416 e. The van der Waals surface area contributed by atoms with Crippen molar-refractivity contribution in [2.75, 3.05) is 6.61 Å². The lowest BCUT2D eigenvalue weighted by Crippen LogP contribution is -2.32. The van der Waals surface area contributed by atoms with Gasteiger partial charge in [-0.15, -0.1) is 0 Å². The Balaban J connectivity index is 1.61. The van der Waals surface area contributed by atoms with Gasteiger partial charge in [-0.2, -0.15) is 22.0 Å². The summed E-state index contributed by atoms with van der Waals surface area (Å²) in [6, 6.07) is 6.29. The van der Waals surface area contributed by atoms with Crippen molar-refractivity contribution < 1.29 is 50.5 Å². The number of fused-ring (bicyclic) bond motifs is 1. The van der Waals surface area contributed by atoms with Gasteiger partial charge in [-0.25, -0.2) is 4.79 Å². The van der Waals surface area contributed by atoms with E-state index in [9.17, 15) is 31.5 Å². The number of benzene rings is 2. The molecule has 0 aliphatic carbocycles. The fraction of sp³-hybridized carbons (Fsp3) is 0.300. The highest BCUT2D eigenvalue weighted by atomic mass is 19.4. The van der Waals surface area contributed by atoms with Crippen molar-refractivity contribution in [2.24, 2.45) is 0 Å². The van der Waals surface area contributed by atoms with Gasteiger partial charge in [-0.05, 0) is 30.7 Å². The largest absolute Gasteiger partial charge is 0.493 e. The first-order chi connectivity index (χ1) is 15.1. The predicted molar refractivity (Wildman–Crippen MR) is 95.9 cm³/mol. The summed E-state index contributed by atoms with van der Waals surface area (Å²) in [5, 5.41) is 2.06. The Kier molecular flexibility index (Phi) is 5.53. The minimum Gasteiger partial charge on any atom is -0.493 e. The number of rotatable bonds is 5. The Labute approximate surface area is 177 Å². The van der Waals surface area contributed by atoms with E-state index >= 15 is 0 Å². The van der Waals surface area contributed by atoms with Crippen LogP contribution in [0.2, 0.25) is 0 Å². The third kappa shape index (κ3) is 4.39. The molecule has 2 aliphatic heterocycles. The van der Waals surface area contributed by atoms with Crippen LogP contribution in [-0.4, -0.2) is 31.3 Å². The molecule has 1 saturated heterocycles. The maximum atomic E-state index is 12.9. The average molecular weight is 459 g/mol. The molecule has 7 nitrogen and oxygen atoms in total. The molecule has 32 heavy (non-hydrogen) atoms. The standard InChI is InChI=1S/C20H14F5NO6/c21-18(22)31-15-7-9(20(23,24)25)1-4-13(15)30-10-2-3-11-12(5-6-29-14(11)8-10)16-17(27)26-19(28)32-16/h1-4,7-8,12,16,18H,5-6H2,(H,26,27,28)/t12-,16+/m1/s1. The van der Waals surface area contributed by atoms with Crippen molar-refractivity contribution in [3.63, 3.8) is 0 Å². The molecule has 2 heterocycles. The van der Waals surface area contributed by atoms with Gasteiger partial charge in [0.15, 0.2) is 17.6 Å². The maximum absolute atomic E-state index is 12.9. The second kappa shape index (κ2) is 8.17. The number of halogens is 5. The number of hydrogen-bond donors (Lipinski definition) is 1. The zero-order valence-corrected chi connectivity index (χ0v) is 15.9. The highest BCUT2D eigenvalue weighted by molar-refractivity contribution is 6.00. The predicted octanol–water partition coefficient (Wildman–Crippen LogP) is 4.60. The Bertz CT molecular complexity index is 1060.